The van der Waals surface area contributed by atoms with Gasteiger partial charge in [0.15, 0.2) is 0 Å². The van der Waals surface area contributed by atoms with Gasteiger partial charge in [-0.05, 0) is 17.7 Å². The molecule has 0 aromatic heterocycles. The van der Waals surface area contributed by atoms with Crippen LogP contribution in [0.15, 0.2) is 18.2 Å². The van der Waals surface area contributed by atoms with Gasteiger partial charge >= 0.3 is 0 Å². The summed E-state index contributed by atoms with van der Waals surface area (Å²) >= 11 is 0. The summed E-state index contributed by atoms with van der Waals surface area (Å²) < 4.78 is 0. The van der Waals surface area contributed by atoms with Crippen molar-refractivity contribution in [3.63, 3.8) is 0 Å². The minimum Gasteiger partial charge on any atom is -0.372 e. The number of carbonyl (C=O) groups is 1. The third kappa shape index (κ3) is 1.94. The third-order valence-corrected chi connectivity index (χ3v) is 2.66. The highest BCUT2D eigenvalue weighted by Gasteiger charge is 2.16. The highest BCUT2D eigenvalue weighted by atomic mass is 16.1. The summed E-state index contributed by atoms with van der Waals surface area (Å²) in [5.41, 5.74) is 8.51. The van der Waals surface area contributed by atoms with Crippen LogP contribution in [0.2, 0.25) is 0 Å². The fraction of sp³-hybridized carbons (Fsp3) is 0.364. The molecular weight excluding hydrogens is 190 g/mol. The van der Waals surface area contributed by atoms with E-state index in [1.807, 2.05) is 25.2 Å². The normalized spacial score (nSPS) is 15.6. The molecule has 4 nitrogen and oxygen atoms in total. The number of benzene rings is 1. The molecule has 1 aliphatic heterocycles. The zero-order chi connectivity index (χ0) is 10.8. The van der Waals surface area contributed by atoms with Gasteiger partial charge in [-0.3, -0.25) is 4.79 Å². The number of nitrogens with one attached hydrogen (secondary N) is 1. The van der Waals surface area contributed by atoms with Gasteiger partial charge in [0.25, 0.3) is 0 Å². The second-order valence-electron chi connectivity index (χ2n) is 3.78. The number of anilines is 2. The highest BCUT2D eigenvalue weighted by Crippen LogP contribution is 2.28. The van der Waals surface area contributed by atoms with E-state index in [4.69, 9.17) is 5.73 Å². The molecule has 1 heterocycles. The van der Waals surface area contributed by atoms with E-state index >= 15 is 0 Å². The zero-order valence-corrected chi connectivity index (χ0v) is 8.79. The predicted octanol–water partition coefficient (Wildman–Crippen LogP) is 0.924. The summed E-state index contributed by atoms with van der Waals surface area (Å²) in [5.74, 6) is 0.0646. The molecule has 0 bridgehead atoms. The molecule has 0 unspecified atom stereocenters. The molecule has 15 heavy (non-hydrogen) atoms. The van der Waals surface area contributed by atoms with E-state index in [1.165, 1.54) is 0 Å². The lowest BCUT2D eigenvalue weighted by Crippen LogP contribution is -2.18. The molecule has 2 rings (SSSR count). The van der Waals surface area contributed by atoms with Gasteiger partial charge in [0.1, 0.15) is 0 Å². The van der Waals surface area contributed by atoms with Crippen molar-refractivity contribution < 1.29 is 4.79 Å². The monoisotopic (exact) mass is 205 g/mol. The molecule has 4 heteroatoms. The molecule has 3 N–H and O–H groups in total. The van der Waals surface area contributed by atoms with Crippen LogP contribution in [0.1, 0.15) is 12.0 Å². The second kappa shape index (κ2) is 3.90. The minimum atomic E-state index is 0.0646. The Bertz CT molecular complexity index is 389. The molecule has 80 valence electrons. The second-order valence-corrected chi connectivity index (χ2v) is 3.78. The summed E-state index contributed by atoms with van der Waals surface area (Å²) in [5, 5.41) is 2.89. The number of amides is 1. The van der Waals surface area contributed by atoms with Gasteiger partial charge in [-0.2, -0.15) is 0 Å². The summed E-state index contributed by atoms with van der Waals surface area (Å²) in [7, 11) is 1.99. The first kappa shape index (κ1) is 9.98. The van der Waals surface area contributed by atoms with Gasteiger partial charge in [0.2, 0.25) is 5.91 Å². The lowest BCUT2D eigenvalue weighted by atomic mass is 10.1. The molecular formula is C11H15N3O. The number of hydrogen-bond donors (Lipinski definition) is 2. The van der Waals surface area contributed by atoms with Crippen LogP contribution in [-0.2, 0) is 11.3 Å². The smallest absolute Gasteiger partial charge is 0.226 e. The topological polar surface area (TPSA) is 58.4 Å². The van der Waals surface area contributed by atoms with E-state index in [1.54, 1.807) is 0 Å². The van der Waals surface area contributed by atoms with Crippen molar-refractivity contribution in [2.45, 2.75) is 13.0 Å². The first-order valence-electron chi connectivity index (χ1n) is 5.04. The van der Waals surface area contributed by atoms with Crippen LogP contribution in [-0.4, -0.2) is 19.5 Å². The number of nitrogens with zero attached hydrogens (tertiary/aromatic N) is 1. The Kier molecular flexibility index (Phi) is 2.60. The van der Waals surface area contributed by atoms with Crippen LogP contribution in [0.5, 0.6) is 0 Å². The van der Waals surface area contributed by atoms with E-state index < -0.39 is 0 Å². The van der Waals surface area contributed by atoms with Crippen LogP contribution in [0.25, 0.3) is 0 Å². The number of hydrogen-bond acceptors (Lipinski definition) is 3. The molecule has 1 amide bonds. The zero-order valence-electron chi connectivity index (χ0n) is 8.79. The Morgan fingerprint density at radius 2 is 2.33 bits per heavy atom. The number of carbonyl (C=O) groups excluding carboxylic acids is 1. The van der Waals surface area contributed by atoms with E-state index in [0.717, 1.165) is 23.5 Å². The van der Waals surface area contributed by atoms with Gasteiger partial charge in [0.05, 0.1) is 11.4 Å². The van der Waals surface area contributed by atoms with Crippen molar-refractivity contribution in [1.82, 2.24) is 0 Å². The van der Waals surface area contributed by atoms with E-state index in [9.17, 15) is 4.79 Å². The van der Waals surface area contributed by atoms with Crippen LogP contribution in [0.3, 0.4) is 0 Å². The standard InChI is InChI=1S/C11H15N3O/c1-14-5-4-11(15)13-9-6-8(7-12)2-3-10(9)14/h2-3,6H,4-5,7,12H2,1H3,(H,13,15). The SMILES string of the molecule is CN1CCC(=O)Nc2cc(CN)ccc21. The Labute approximate surface area is 89.1 Å². The first-order chi connectivity index (χ1) is 7.20. The first-order valence-corrected chi connectivity index (χ1v) is 5.04. The number of nitrogens with two attached hydrogens (primary N) is 1. The average Bonchev–Trinajstić information content (AvgIpc) is 2.38. The lowest BCUT2D eigenvalue weighted by molar-refractivity contribution is -0.115. The molecule has 0 atom stereocenters. The average molecular weight is 205 g/mol. The van der Waals surface area contributed by atoms with Gasteiger partial charge < -0.3 is 16.0 Å². The van der Waals surface area contributed by atoms with Gasteiger partial charge in [0, 0.05) is 26.6 Å². The van der Waals surface area contributed by atoms with Crippen molar-refractivity contribution in [1.29, 1.82) is 0 Å². The van der Waals surface area contributed by atoms with Gasteiger partial charge in [-0.15, -0.1) is 0 Å². The lowest BCUT2D eigenvalue weighted by Gasteiger charge is -2.18. The fourth-order valence-electron chi connectivity index (χ4n) is 1.75. The van der Waals surface area contributed by atoms with Crippen molar-refractivity contribution >= 4 is 17.3 Å². The molecule has 1 aliphatic rings. The van der Waals surface area contributed by atoms with Crippen LogP contribution in [0.4, 0.5) is 11.4 Å². The molecule has 0 fully saturated rings. The molecule has 0 saturated heterocycles. The molecule has 1 aromatic rings. The molecule has 1 aromatic carbocycles. The maximum absolute atomic E-state index is 11.4. The summed E-state index contributed by atoms with van der Waals surface area (Å²) in [4.78, 5) is 13.5. The largest absolute Gasteiger partial charge is 0.372 e. The maximum atomic E-state index is 11.4. The van der Waals surface area contributed by atoms with Crippen LogP contribution < -0.4 is 16.0 Å². The molecule has 0 spiro atoms. The van der Waals surface area contributed by atoms with Crippen molar-refractivity contribution in [3.8, 4) is 0 Å². The molecule has 0 aliphatic carbocycles. The minimum absolute atomic E-state index is 0.0646. The summed E-state index contributed by atoms with van der Waals surface area (Å²) in [6, 6.07) is 5.94. The Balaban J connectivity index is 2.43. The fourth-order valence-corrected chi connectivity index (χ4v) is 1.75. The number of rotatable bonds is 1. The van der Waals surface area contributed by atoms with Gasteiger partial charge in [-0.1, -0.05) is 6.07 Å². The van der Waals surface area contributed by atoms with Crippen molar-refractivity contribution in [3.05, 3.63) is 23.8 Å². The maximum Gasteiger partial charge on any atom is 0.226 e. The predicted molar refractivity (Wildman–Crippen MR) is 60.9 cm³/mol. The quantitative estimate of drug-likeness (QED) is 0.717. The third-order valence-electron chi connectivity index (χ3n) is 2.66. The van der Waals surface area contributed by atoms with Crippen molar-refractivity contribution in [2.75, 3.05) is 23.8 Å². The Morgan fingerprint density at radius 1 is 1.53 bits per heavy atom. The van der Waals surface area contributed by atoms with Crippen molar-refractivity contribution in [2.24, 2.45) is 5.73 Å². The highest BCUT2D eigenvalue weighted by molar-refractivity contribution is 5.96. The molecule has 0 radical (unpaired) electrons. The Hall–Kier alpha value is -1.55. The van der Waals surface area contributed by atoms with E-state index in [-0.39, 0.29) is 5.91 Å². The van der Waals surface area contributed by atoms with E-state index in [0.29, 0.717) is 13.0 Å². The summed E-state index contributed by atoms with van der Waals surface area (Å²) in [6.45, 7) is 1.24. The molecule has 0 saturated carbocycles. The summed E-state index contributed by atoms with van der Waals surface area (Å²) in [6.07, 6.45) is 0.531. The Morgan fingerprint density at radius 3 is 3.07 bits per heavy atom. The van der Waals surface area contributed by atoms with Crippen LogP contribution >= 0.6 is 0 Å². The van der Waals surface area contributed by atoms with E-state index in [2.05, 4.69) is 10.2 Å². The number of fused-ring (bicyclic) bond motifs is 1. The van der Waals surface area contributed by atoms with Crippen LogP contribution in [0, 0.1) is 0 Å². The van der Waals surface area contributed by atoms with Gasteiger partial charge in [-0.25, -0.2) is 0 Å².